The van der Waals surface area contributed by atoms with E-state index in [1.165, 1.54) is 15.6 Å². The zero-order valence-electron chi connectivity index (χ0n) is 11.2. The Balaban J connectivity index is 1.69. The highest BCUT2D eigenvalue weighted by Gasteiger charge is 1.97. The van der Waals surface area contributed by atoms with Crippen molar-refractivity contribution in [2.45, 2.75) is 0 Å². The normalized spacial score (nSPS) is 11.6. The van der Waals surface area contributed by atoms with Gasteiger partial charge in [-0.1, -0.05) is 30.3 Å². The molecule has 0 unspecified atom stereocenters. The molecule has 2 aromatic carbocycles. The maximum absolute atomic E-state index is 4.60. The number of benzene rings is 2. The van der Waals surface area contributed by atoms with E-state index in [9.17, 15) is 0 Å². The van der Waals surface area contributed by atoms with Crippen molar-refractivity contribution in [1.29, 1.82) is 0 Å². The molecule has 0 bridgehead atoms. The first-order valence-electron chi connectivity index (χ1n) is 6.76. The van der Waals surface area contributed by atoms with Gasteiger partial charge < -0.3 is 0 Å². The van der Waals surface area contributed by atoms with Crippen molar-refractivity contribution in [2.24, 2.45) is 0 Å². The van der Waals surface area contributed by atoms with E-state index >= 15 is 0 Å². The minimum Gasteiger partial charge on any atom is -0.252 e. The van der Waals surface area contributed by atoms with E-state index < -0.39 is 0 Å². The lowest BCUT2D eigenvalue weighted by molar-refractivity contribution is 1.27. The molecule has 0 fully saturated rings. The van der Waals surface area contributed by atoms with Gasteiger partial charge in [0.1, 0.15) is 0 Å². The van der Waals surface area contributed by atoms with Crippen LogP contribution in [0, 0.1) is 0 Å². The lowest BCUT2D eigenvalue weighted by Crippen LogP contribution is -1.86. The first-order valence-corrected chi connectivity index (χ1v) is 7.64. The number of thiophene rings is 1. The molecule has 0 aliphatic rings. The summed E-state index contributed by atoms with van der Waals surface area (Å²) in [6, 6.07) is 16.5. The Morgan fingerprint density at radius 2 is 1.81 bits per heavy atom. The number of hydrogen-bond acceptors (Lipinski definition) is 3. The molecule has 2 aromatic heterocycles. The fourth-order valence-corrected chi connectivity index (χ4v) is 3.15. The van der Waals surface area contributed by atoms with Crippen LogP contribution in [0.3, 0.4) is 0 Å². The number of fused-ring (bicyclic) bond motifs is 2. The fraction of sp³-hybridized carbons (Fsp3) is 0. The monoisotopic (exact) mass is 288 g/mol. The van der Waals surface area contributed by atoms with Gasteiger partial charge in [-0.15, -0.1) is 11.3 Å². The third kappa shape index (κ3) is 2.43. The SMILES string of the molecule is C(=Cc1cnc2ccccc2n1)c1ccc2ccsc2c1. The molecule has 0 N–H and O–H groups in total. The number of aromatic nitrogens is 2. The van der Waals surface area contributed by atoms with Gasteiger partial charge in [-0.3, -0.25) is 4.98 Å². The van der Waals surface area contributed by atoms with Crippen molar-refractivity contribution in [1.82, 2.24) is 9.97 Å². The molecular formula is C18H12N2S. The van der Waals surface area contributed by atoms with Crippen molar-refractivity contribution < 1.29 is 0 Å². The van der Waals surface area contributed by atoms with Crippen LogP contribution in [0.25, 0.3) is 33.3 Å². The highest BCUT2D eigenvalue weighted by Crippen LogP contribution is 2.22. The summed E-state index contributed by atoms with van der Waals surface area (Å²) in [6.07, 6.45) is 5.90. The van der Waals surface area contributed by atoms with Gasteiger partial charge in [0, 0.05) is 4.70 Å². The molecule has 100 valence electrons. The van der Waals surface area contributed by atoms with Gasteiger partial charge in [0.05, 0.1) is 22.9 Å². The maximum Gasteiger partial charge on any atom is 0.0894 e. The lowest BCUT2D eigenvalue weighted by atomic mass is 10.1. The van der Waals surface area contributed by atoms with Crippen LogP contribution in [0.1, 0.15) is 11.3 Å². The Morgan fingerprint density at radius 3 is 2.76 bits per heavy atom. The van der Waals surface area contributed by atoms with Crippen LogP contribution in [-0.4, -0.2) is 9.97 Å². The second kappa shape index (κ2) is 5.11. The van der Waals surface area contributed by atoms with Crippen molar-refractivity contribution >= 4 is 44.6 Å². The summed E-state index contributed by atoms with van der Waals surface area (Å²) in [7, 11) is 0. The van der Waals surface area contributed by atoms with Crippen LogP contribution < -0.4 is 0 Å². The minimum atomic E-state index is 0.875. The Hall–Kier alpha value is -2.52. The van der Waals surface area contributed by atoms with Crippen LogP contribution >= 0.6 is 11.3 Å². The molecule has 0 saturated carbocycles. The van der Waals surface area contributed by atoms with E-state index in [1.807, 2.05) is 36.5 Å². The third-order valence-electron chi connectivity index (χ3n) is 3.39. The quantitative estimate of drug-likeness (QED) is 0.518. The van der Waals surface area contributed by atoms with E-state index in [0.29, 0.717) is 0 Å². The van der Waals surface area contributed by atoms with Crippen LogP contribution in [0.2, 0.25) is 0 Å². The second-order valence-corrected chi connectivity index (χ2v) is 5.78. The topological polar surface area (TPSA) is 25.8 Å². The van der Waals surface area contributed by atoms with Gasteiger partial charge in [0.2, 0.25) is 0 Å². The summed E-state index contributed by atoms with van der Waals surface area (Å²) >= 11 is 1.76. The van der Waals surface area contributed by atoms with E-state index in [2.05, 4.69) is 45.7 Å². The summed E-state index contributed by atoms with van der Waals surface area (Å²) in [6.45, 7) is 0. The molecule has 21 heavy (non-hydrogen) atoms. The van der Waals surface area contributed by atoms with Crippen molar-refractivity contribution in [3.63, 3.8) is 0 Å². The molecule has 0 aliphatic carbocycles. The van der Waals surface area contributed by atoms with E-state index in [1.54, 1.807) is 11.3 Å². The highest BCUT2D eigenvalue weighted by atomic mass is 32.1. The predicted octanol–water partition coefficient (Wildman–Crippen LogP) is 5.01. The minimum absolute atomic E-state index is 0.875. The Morgan fingerprint density at radius 1 is 0.905 bits per heavy atom. The third-order valence-corrected chi connectivity index (χ3v) is 4.27. The molecule has 2 heterocycles. The Bertz CT molecular complexity index is 953. The zero-order chi connectivity index (χ0) is 14.1. The van der Waals surface area contributed by atoms with E-state index in [4.69, 9.17) is 0 Å². The Labute approximate surface area is 126 Å². The number of nitrogens with zero attached hydrogens (tertiary/aromatic N) is 2. The van der Waals surface area contributed by atoms with Crippen molar-refractivity contribution in [3.8, 4) is 0 Å². The van der Waals surface area contributed by atoms with Crippen LogP contribution in [-0.2, 0) is 0 Å². The van der Waals surface area contributed by atoms with Gasteiger partial charge >= 0.3 is 0 Å². The van der Waals surface area contributed by atoms with Gasteiger partial charge in [-0.25, -0.2) is 4.98 Å². The molecule has 0 aliphatic heterocycles. The molecule has 0 spiro atoms. The maximum atomic E-state index is 4.60. The molecule has 4 rings (SSSR count). The largest absolute Gasteiger partial charge is 0.252 e. The van der Waals surface area contributed by atoms with Gasteiger partial charge in [0.25, 0.3) is 0 Å². The fourth-order valence-electron chi connectivity index (χ4n) is 2.31. The van der Waals surface area contributed by atoms with E-state index in [0.717, 1.165) is 16.7 Å². The molecular weight excluding hydrogens is 276 g/mol. The summed E-state index contributed by atoms with van der Waals surface area (Å²) in [4.78, 5) is 9.02. The van der Waals surface area contributed by atoms with Gasteiger partial charge in [0.15, 0.2) is 0 Å². The summed E-state index contributed by atoms with van der Waals surface area (Å²) < 4.78 is 1.31. The Kier molecular flexibility index (Phi) is 2.98. The smallest absolute Gasteiger partial charge is 0.0894 e. The first kappa shape index (κ1) is 12.2. The number of para-hydroxylation sites is 2. The average molecular weight is 288 g/mol. The molecule has 0 radical (unpaired) electrons. The predicted molar refractivity (Wildman–Crippen MR) is 90.3 cm³/mol. The second-order valence-electron chi connectivity index (χ2n) is 4.83. The van der Waals surface area contributed by atoms with Crippen molar-refractivity contribution in [2.75, 3.05) is 0 Å². The van der Waals surface area contributed by atoms with Gasteiger partial charge in [-0.05, 0) is 46.7 Å². The summed E-state index contributed by atoms with van der Waals surface area (Å²) in [5, 5.41) is 3.41. The van der Waals surface area contributed by atoms with Crippen LogP contribution in [0.5, 0.6) is 0 Å². The molecule has 0 atom stereocenters. The summed E-state index contributed by atoms with van der Waals surface area (Å²) in [5.41, 5.74) is 3.91. The first-order chi connectivity index (χ1) is 10.4. The molecule has 3 heteroatoms. The molecule has 0 amide bonds. The van der Waals surface area contributed by atoms with Crippen LogP contribution in [0.4, 0.5) is 0 Å². The highest BCUT2D eigenvalue weighted by molar-refractivity contribution is 7.17. The lowest BCUT2D eigenvalue weighted by Gasteiger charge is -1.98. The molecule has 4 aromatic rings. The van der Waals surface area contributed by atoms with Gasteiger partial charge in [-0.2, -0.15) is 0 Å². The zero-order valence-corrected chi connectivity index (χ0v) is 12.0. The van der Waals surface area contributed by atoms with Crippen molar-refractivity contribution in [3.05, 3.63) is 71.4 Å². The van der Waals surface area contributed by atoms with E-state index in [-0.39, 0.29) is 0 Å². The molecule has 2 nitrogen and oxygen atoms in total. The van der Waals surface area contributed by atoms with Crippen LogP contribution in [0.15, 0.2) is 60.1 Å². The average Bonchev–Trinajstić information content (AvgIpc) is 3.00. The molecule has 0 saturated heterocycles. The number of hydrogen-bond donors (Lipinski definition) is 0. The summed E-state index contributed by atoms with van der Waals surface area (Å²) in [5.74, 6) is 0. The standard InChI is InChI=1S/C18H12N2S/c1-2-4-17-16(3-1)19-12-15(20-17)8-6-13-5-7-14-9-10-21-18(14)11-13/h1-12H. The number of rotatable bonds is 2.